The number of aromatic nitrogens is 1. The van der Waals surface area contributed by atoms with Crippen molar-refractivity contribution in [2.45, 2.75) is 45.5 Å². The van der Waals surface area contributed by atoms with Gasteiger partial charge < -0.3 is 19.4 Å². The summed E-state index contributed by atoms with van der Waals surface area (Å²) in [6, 6.07) is 12.2. The zero-order chi connectivity index (χ0) is 23.4. The summed E-state index contributed by atoms with van der Waals surface area (Å²) in [5.74, 6) is -0.732. The number of amides is 1. The summed E-state index contributed by atoms with van der Waals surface area (Å²) < 4.78 is 31.5. The molecule has 0 aliphatic carbocycles. The number of nitriles is 1. The lowest BCUT2D eigenvalue weighted by Crippen LogP contribution is -2.41. The van der Waals surface area contributed by atoms with Crippen molar-refractivity contribution in [1.82, 2.24) is 10.3 Å². The molecule has 166 valence electrons. The molecule has 2 heterocycles. The number of pyridine rings is 1. The van der Waals surface area contributed by atoms with E-state index in [0.29, 0.717) is 11.0 Å². The van der Waals surface area contributed by atoms with Gasteiger partial charge in [0, 0.05) is 12.7 Å². The summed E-state index contributed by atoms with van der Waals surface area (Å²) in [5.41, 5.74) is 0.333. The molecule has 1 aliphatic rings. The summed E-state index contributed by atoms with van der Waals surface area (Å²) in [6.07, 6.45) is 2.39. The third-order valence-corrected chi connectivity index (χ3v) is 5.53. The second-order valence-electron chi connectivity index (χ2n) is 8.43. The number of carbonyl (C=O) groups excluding carboxylic acids is 1. The van der Waals surface area contributed by atoms with Gasteiger partial charge in [-0.05, 0) is 50.4 Å². The maximum absolute atomic E-state index is 14.0. The van der Waals surface area contributed by atoms with E-state index in [-0.39, 0.29) is 18.8 Å². The number of benzene rings is 1. The molecule has 3 rings (SSSR count). The molecule has 0 spiro atoms. The molecule has 9 heteroatoms. The van der Waals surface area contributed by atoms with E-state index in [1.165, 1.54) is 12.3 Å². The Morgan fingerprint density at radius 1 is 1.25 bits per heavy atom. The molecule has 0 bridgehead atoms. The first-order valence-electron chi connectivity index (χ1n) is 10.2. The minimum Gasteiger partial charge on any atom is -0.445 e. The van der Waals surface area contributed by atoms with Gasteiger partial charge in [0.1, 0.15) is 12.7 Å². The van der Waals surface area contributed by atoms with Crippen molar-refractivity contribution < 1.29 is 23.2 Å². The Balaban J connectivity index is 1.76. The topological polar surface area (TPSA) is 93.5 Å². The van der Waals surface area contributed by atoms with E-state index < -0.39 is 30.2 Å². The van der Waals surface area contributed by atoms with E-state index in [9.17, 15) is 9.18 Å². The van der Waals surface area contributed by atoms with Crippen molar-refractivity contribution in [2.75, 3.05) is 6.54 Å². The van der Waals surface area contributed by atoms with Crippen LogP contribution in [0.3, 0.4) is 0 Å². The Kier molecular flexibility index (Phi) is 6.97. The summed E-state index contributed by atoms with van der Waals surface area (Å²) in [6.45, 7) is 7.83. The highest BCUT2D eigenvalue weighted by Gasteiger charge is 2.52. The largest absolute Gasteiger partial charge is 0.492 e. The van der Waals surface area contributed by atoms with Crippen LogP contribution in [-0.2, 0) is 20.7 Å². The van der Waals surface area contributed by atoms with Crippen LogP contribution in [-0.4, -0.2) is 35.9 Å². The number of ether oxygens (including phenoxy) is 1. The third kappa shape index (κ3) is 5.52. The van der Waals surface area contributed by atoms with Crippen LogP contribution >= 0.6 is 0 Å². The van der Waals surface area contributed by atoms with Crippen molar-refractivity contribution in [3.05, 3.63) is 70.7 Å². The summed E-state index contributed by atoms with van der Waals surface area (Å²) in [5, 5.41) is 11.6. The number of rotatable bonds is 6. The maximum Gasteiger partial charge on any atom is 0.492 e. The molecule has 1 aromatic carbocycles. The van der Waals surface area contributed by atoms with Gasteiger partial charge in [-0.1, -0.05) is 36.4 Å². The average molecular weight is 437 g/mol. The van der Waals surface area contributed by atoms with Gasteiger partial charge in [-0.15, -0.1) is 0 Å². The maximum atomic E-state index is 14.0. The molecule has 0 unspecified atom stereocenters. The fourth-order valence-corrected chi connectivity index (χ4v) is 2.97. The molecular formula is C23H25BFN3O4. The molecule has 0 saturated carbocycles. The highest BCUT2D eigenvalue weighted by molar-refractivity contribution is 6.56. The van der Waals surface area contributed by atoms with Crippen LogP contribution in [0.1, 0.15) is 44.5 Å². The summed E-state index contributed by atoms with van der Waals surface area (Å²) >= 11 is 0. The van der Waals surface area contributed by atoms with Crippen molar-refractivity contribution in [1.29, 1.82) is 5.26 Å². The Labute approximate surface area is 187 Å². The van der Waals surface area contributed by atoms with Gasteiger partial charge in [0.05, 0.1) is 11.2 Å². The predicted octanol–water partition coefficient (Wildman–Crippen LogP) is 4.03. The number of alkyl carbamates (subject to hydrolysis) is 1. The molecule has 1 saturated heterocycles. The van der Waals surface area contributed by atoms with Gasteiger partial charge in [-0.25, -0.2) is 14.2 Å². The lowest BCUT2D eigenvalue weighted by molar-refractivity contribution is 0.00578. The minimum absolute atomic E-state index is 0.0477. The van der Waals surface area contributed by atoms with Crippen LogP contribution in [0.5, 0.6) is 0 Å². The van der Waals surface area contributed by atoms with Gasteiger partial charge in [-0.3, -0.25) is 0 Å². The second kappa shape index (κ2) is 9.51. The monoisotopic (exact) mass is 437 g/mol. The smallest absolute Gasteiger partial charge is 0.445 e. The summed E-state index contributed by atoms with van der Waals surface area (Å²) in [4.78, 5) is 16.0. The van der Waals surface area contributed by atoms with Crippen LogP contribution in [0, 0.1) is 17.1 Å². The number of carbonyl (C=O) groups is 1. The standard InChI is InChI=1S/C23H25BFN3O4/c1-22(2)23(3,4)32-24(31-22)18(10-17-11-19(25)20(12-26)27-13-17)14-28-21(29)30-15-16-8-6-5-7-9-16/h5-11,13H,14-15H2,1-4H3,(H,28,29). The van der Waals surface area contributed by atoms with Crippen LogP contribution in [0.4, 0.5) is 9.18 Å². The van der Waals surface area contributed by atoms with Crippen LogP contribution in [0.2, 0.25) is 0 Å². The molecule has 1 fully saturated rings. The highest BCUT2D eigenvalue weighted by Crippen LogP contribution is 2.38. The molecule has 1 aliphatic heterocycles. The molecule has 1 aromatic heterocycles. The van der Waals surface area contributed by atoms with Gasteiger partial charge >= 0.3 is 13.2 Å². The van der Waals surface area contributed by atoms with Crippen molar-refractivity contribution >= 4 is 19.3 Å². The van der Waals surface area contributed by atoms with E-state index in [0.717, 1.165) is 5.56 Å². The SMILES string of the molecule is CC1(C)OB(C(=Cc2cnc(C#N)c(F)c2)CNC(=O)OCc2ccccc2)OC1(C)C. The predicted molar refractivity (Wildman–Crippen MR) is 118 cm³/mol. The van der Waals surface area contributed by atoms with Crippen molar-refractivity contribution in [2.24, 2.45) is 0 Å². The number of halogens is 1. The molecule has 0 radical (unpaired) electrons. The number of hydrogen-bond acceptors (Lipinski definition) is 6. The second-order valence-corrected chi connectivity index (χ2v) is 8.43. The van der Waals surface area contributed by atoms with Crippen LogP contribution < -0.4 is 5.32 Å². The average Bonchev–Trinajstić information content (AvgIpc) is 2.97. The lowest BCUT2D eigenvalue weighted by atomic mass is 9.77. The molecule has 1 amide bonds. The van der Waals surface area contributed by atoms with E-state index >= 15 is 0 Å². The van der Waals surface area contributed by atoms with Crippen molar-refractivity contribution in [3.8, 4) is 6.07 Å². The zero-order valence-corrected chi connectivity index (χ0v) is 18.5. The molecule has 1 N–H and O–H groups in total. The van der Waals surface area contributed by atoms with E-state index in [1.54, 1.807) is 12.1 Å². The fourth-order valence-electron chi connectivity index (χ4n) is 2.97. The van der Waals surface area contributed by atoms with Gasteiger partial charge in [0.15, 0.2) is 11.5 Å². The fraction of sp³-hybridized carbons (Fsp3) is 0.348. The van der Waals surface area contributed by atoms with Gasteiger partial charge in [-0.2, -0.15) is 5.26 Å². The van der Waals surface area contributed by atoms with Crippen LogP contribution in [0.15, 0.2) is 48.1 Å². The zero-order valence-electron chi connectivity index (χ0n) is 18.5. The normalized spacial score (nSPS) is 17.0. The van der Waals surface area contributed by atoms with E-state index in [2.05, 4.69) is 10.3 Å². The first kappa shape index (κ1) is 23.4. The molecule has 7 nitrogen and oxygen atoms in total. The molecular weight excluding hydrogens is 412 g/mol. The minimum atomic E-state index is -0.770. The Hall–Kier alpha value is -3.22. The van der Waals surface area contributed by atoms with Gasteiger partial charge in [0.25, 0.3) is 0 Å². The number of nitrogens with zero attached hydrogens (tertiary/aromatic N) is 2. The highest BCUT2D eigenvalue weighted by atomic mass is 19.1. The van der Waals surface area contributed by atoms with Crippen LogP contribution in [0.25, 0.3) is 6.08 Å². The Morgan fingerprint density at radius 3 is 2.50 bits per heavy atom. The van der Waals surface area contributed by atoms with E-state index in [1.807, 2.05) is 58.0 Å². The number of nitrogens with one attached hydrogen (secondary N) is 1. The number of hydrogen-bond donors (Lipinski definition) is 1. The van der Waals surface area contributed by atoms with Crippen molar-refractivity contribution in [3.63, 3.8) is 0 Å². The molecule has 32 heavy (non-hydrogen) atoms. The molecule has 0 atom stereocenters. The van der Waals surface area contributed by atoms with E-state index in [4.69, 9.17) is 19.3 Å². The third-order valence-electron chi connectivity index (χ3n) is 5.53. The quantitative estimate of drug-likeness (QED) is 0.686. The first-order chi connectivity index (χ1) is 15.1. The molecule has 2 aromatic rings. The Morgan fingerprint density at radius 2 is 1.91 bits per heavy atom. The first-order valence-corrected chi connectivity index (χ1v) is 10.2. The Bertz CT molecular complexity index is 1030. The lowest BCUT2D eigenvalue weighted by Gasteiger charge is -2.32. The summed E-state index contributed by atoms with van der Waals surface area (Å²) in [7, 11) is -0.770. The van der Waals surface area contributed by atoms with Gasteiger partial charge in [0.2, 0.25) is 0 Å².